The number of hydrogen-bond donors (Lipinski definition) is 1. The first-order valence-corrected chi connectivity index (χ1v) is 12.5. The Bertz CT molecular complexity index is 1530. The molecule has 0 spiro atoms. The lowest BCUT2D eigenvalue weighted by Gasteiger charge is -2.38. The van der Waals surface area contributed by atoms with Crippen molar-refractivity contribution in [2.75, 3.05) is 13.1 Å². The van der Waals surface area contributed by atoms with Crippen molar-refractivity contribution in [2.45, 2.75) is 38.4 Å². The van der Waals surface area contributed by atoms with E-state index in [1.165, 1.54) is 11.1 Å². The molecule has 6 rings (SSSR count). The van der Waals surface area contributed by atoms with Crippen molar-refractivity contribution in [2.24, 2.45) is 0 Å². The summed E-state index contributed by atoms with van der Waals surface area (Å²) in [6.07, 6.45) is 1.76. The molecule has 8 nitrogen and oxygen atoms in total. The van der Waals surface area contributed by atoms with Crippen molar-refractivity contribution in [3.05, 3.63) is 112 Å². The first kappa shape index (κ1) is 22.4. The third kappa shape index (κ3) is 4.13. The number of likely N-dealkylation sites (tertiary alicyclic amines) is 1. The van der Waals surface area contributed by atoms with Crippen LogP contribution < -0.4 is 5.69 Å². The molecule has 0 saturated carbocycles. The SMILES string of the molecule is Cc1ccccc1C(c1nnnn1Cc1ccccc1)N1CCC(n2c(=O)[nH]c3ccccc32)CC1. The Labute approximate surface area is 209 Å². The highest BCUT2D eigenvalue weighted by Gasteiger charge is 2.33. The molecule has 1 aliphatic rings. The van der Waals surface area contributed by atoms with Gasteiger partial charge in [0.25, 0.3) is 0 Å². The van der Waals surface area contributed by atoms with Crippen LogP contribution in [0.4, 0.5) is 0 Å². The normalized spacial score (nSPS) is 15.9. The van der Waals surface area contributed by atoms with Crippen LogP contribution >= 0.6 is 0 Å². The zero-order valence-corrected chi connectivity index (χ0v) is 20.3. The second kappa shape index (κ2) is 9.54. The molecule has 2 aromatic heterocycles. The molecular formula is C28H29N7O. The molecule has 1 fully saturated rings. The lowest BCUT2D eigenvalue weighted by Crippen LogP contribution is -2.40. The average Bonchev–Trinajstić information content (AvgIpc) is 3.49. The summed E-state index contributed by atoms with van der Waals surface area (Å²) in [5.41, 5.74) is 5.42. The molecule has 182 valence electrons. The molecule has 5 aromatic rings. The minimum Gasteiger partial charge on any atom is -0.306 e. The Morgan fingerprint density at radius 3 is 2.47 bits per heavy atom. The highest BCUT2D eigenvalue weighted by atomic mass is 16.1. The van der Waals surface area contributed by atoms with Crippen molar-refractivity contribution in [3.63, 3.8) is 0 Å². The molecule has 1 unspecified atom stereocenters. The van der Waals surface area contributed by atoms with E-state index in [9.17, 15) is 4.79 Å². The van der Waals surface area contributed by atoms with Crippen LogP contribution in [-0.2, 0) is 6.54 Å². The Kier molecular flexibility index (Phi) is 5.95. The van der Waals surface area contributed by atoms with Gasteiger partial charge in [0, 0.05) is 19.1 Å². The standard InChI is InChI=1S/C28H29N7O/c1-20-9-5-6-12-23(20)26(27-30-31-32-34(27)19-21-10-3-2-4-11-21)33-17-15-22(16-18-33)35-25-14-8-7-13-24(25)29-28(35)36/h2-14,22,26H,15-19H2,1H3,(H,29,36). The maximum Gasteiger partial charge on any atom is 0.326 e. The molecule has 3 aromatic carbocycles. The van der Waals surface area contributed by atoms with Gasteiger partial charge in [0.15, 0.2) is 5.82 Å². The number of piperidine rings is 1. The molecule has 1 saturated heterocycles. The zero-order chi connectivity index (χ0) is 24.5. The molecule has 0 aliphatic carbocycles. The molecule has 0 radical (unpaired) electrons. The van der Waals surface area contributed by atoms with E-state index < -0.39 is 0 Å². The van der Waals surface area contributed by atoms with Crippen LogP contribution in [0.5, 0.6) is 0 Å². The van der Waals surface area contributed by atoms with Gasteiger partial charge in [-0.05, 0) is 59.0 Å². The highest BCUT2D eigenvalue weighted by Crippen LogP contribution is 2.34. The predicted octanol–water partition coefficient (Wildman–Crippen LogP) is 4.10. The van der Waals surface area contributed by atoms with Gasteiger partial charge in [-0.2, -0.15) is 0 Å². The summed E-state index contributed by atoms with van der Waals surface area (Å²) in [6, 6.07) is 26.8. The van der Waals surface area contributed by atoms with Crippen LogP contribution in [0.3, 0.4) is 0 Å². The minimum atomic E-state index is -0.0643. The quantitative estimate of drug-likeness (QED) is 0.396. The number of benzene rings is 3. The zero-order valence-electron chi connectivity index (χ0n) is 20.3. The number of aryl methyl sites for hydroxylation is 1. The van der Waals surface area contributed by atoms with E-state index in [4.69, 9.17) is 0 Å². The first-order chi connectivity index (χ1) is 17.7. The third-order valence-electron chi connectivity index (χ3n) is 7.32. The van der Waals surface area contributed by atoms with Gasteiger partial charge in [0.2, 0.25) is 0 Å². The van der Waals surface area contributed by atoms with E-state index in [1.54, 1.807) is 0 Å². The van der Waals surface area contributed by atoms with Crippen molar-refractivity contribution in [1.29, 1.82) is 0 Å². The summed E-state index contributed by atoms with van der Waals surface area (Å²) < 4.78 is 3.86. The molecular weight excluding hydrogens is 450 g/mol. The van der Waals surface area contributed by atoms with Gasteiger partial charge in [-0.3, -0.25) is 9.47 Å². The fourth-order valence-corrected chi connectivity index (χ4v) is 5.51. The Morgan fingerprint density at radius 1 is 0.944 bits per heavy atom. The number of fused-ring (bicyclic) bond motifs is 1. The van der Waals surface area contributed by atoms with E-state index in [0.29, 0.717) is 6.54 Å². The number of rotatable bonds is 6. The van der Waals surface area contributed by atoms with Gasteiger partial charge in [-0.15, -0.1) is 5.10 Å². The molecule has 0 bridgehead atoms. The number of hydrogen-bond acceptors (Lipinski definition) is 5. The molecule has 1 N–H and O–H groups in total. The van der Waals surface area contributed by atoms with E-state index in [0.717, 1.165) is 48.4 Å². The molecule has 1 aliphatic heterocycles. The second-order valence-electron chi connectivity index (χ2n) is 9.52. The summed E-state index contributed by atoms with van der Waals surface area (Å²) in [5.74, 6) is 0.843. The Morgan fingerprint density at radius 2 is 1.67 bits per heavy atom. The van der Waals surface area contributed by atoms with Gasteiger partial charge < -0.3 is 4.98 Å². The largest absolute Gasteiger partial charge is 0.326 e. The predicted molar refractivity (Wildman–Crippen MR) is 139 cm³/mol. The van der Waals surface area contributed by atoms with Crippen LogP contribution in [0.2, 0.25) is 0 Å². The maximum atomic E-state index is 12.8. The summed E-state index contributed by atoms with van der Waals surface area (Å²) in [7, 11) is 0. The number of nitrogens with zero attached hydrogens (tertiary/aromatic N) is 6. The number of aromatic amines is 1. The first-order valence-electron chi connectivity index (χ1n) is 12.5. The molecule has 1 atom stereocenters. The van der Waals surface area contributed by atoms with Crippen LogP contribution in [0, 0.1) is 6.92 Å². The van der Waals surface area contributed by atoms with E-state index >= 15 is 0 Å². The number of aromatic nitrogens is 6. The second-order valence-corrected chi connectivity index (χ2v) is 9.52. The van der Waals surface area contributed by atoms with Crippen LogP contribution in [0.1, 0.15) is 47.4 Å². The third-order valence-corrected chi connectivity index (χ3v) is 7.32. The summed E-state index contributed by atoms with van der Waals surface area (Å²) in [4.78, 5) is 18.3. The average molecular weight is 480 g/mol. The Balaban J connectivity index is 1.32. The number of tetrazole rings is 1. The van der Waals surface area contributed by atoms with Crippen LogP contribution in [0.15, 0.2) is 83.7 Å². The minimum absolute atomic E-state index is 0.0306. The maximum absolute atomic E-state index is 12.8. The number of nitrogens with one attached hydrogen (secondary N) is 1. The monoisotopic (exact) mass is 479 g/mol. The lowest BCUT2D eigenvalue weighted by atomic mass is 9.95. The number of H-pyrrole nitrogens is 1. The van der Waals surface area contributed by atoms with E-state index in [-0.39, 0.29) is 17.8 Å². The van der Waals surface area contributed by atoms with Crippen molar-refractivity contribution < 1.29 is 0 Å². The number of para-hydroxylation sites is 2. The summed E-state index contributed by atoms with van der Waals surface area (Å²) in [5, 5.41) is 13.0. The lowest BCUT2D eigenvalue weighted by molar-refractivity contribution is 0.146. The van der Waals surface area contributed by atoms with E-state index in [2.05, 4.69) is 68.7 Å². The molecule has 3 heterocycles. The molecule has 36 heavy (non-hydrogen) atoms. The van der Waals surface area contributed by atoms with Crippen molar-refractivity contribution in [1.82, 2.24) is 34.7 Å². The van der Waals surface area contributed by atoms with E-state index in [1.807, 2.05) is 51.7 Å². The van der Waals surface area contributed by atoms with Gasteiger partial charge >= 0.3 is 5.69 Å². The number of imidazole rings is 1. The molecule has 0 amide bonds. The smallest absolute Gasteiger partial charge is 0.306 e. The van der Waals surface area contributed by atoms with Crippen LogP contribution in [-0.4, -0.2) is 47.7 Å². The highest BCUT2D eigenvalue weighted by molar-refractivity contribution is 5.75. The fraction of sp³-hybridized carbons (Fsp3) is 0.286. The van der Waals surface area contributed by atoms with Crippen LogP contribution in [0.25, 0.3) is 11.0 Å². The Hall–Kier alpha value is -4.04. The van der Waals surface area contributed by atoms with Gasteiger partial charge in [0.05, 0.1) is 23.6 Å². The van der Waals surface area contributed by atoms with Crippen molar-refractivity contribution in [3.8, 4) is 0 Å². The van der Waals surface area contributed by atoms with Gasteiger partial charge in [0.1, 0.15) is 0 Å². The van der Waals surface area contributed by atoms with Crippen molar-refractivity contribution >= 4 is 11.0 Å². The topological polar surface area (TPSA) is 84.6 Å². The van der Waals surface area contributed by atoms with Gasteiger partial charge in [-0.25, -0.2) is 9.48 Å². The summed E-state index contributed by atoms with van der Waals surface area (Å²) >= 11 is 0. The van der Waals surface area contributed by atoms with Gasteiger partial charge in [-0.1, -0.05) is 66.7 Å². The summed E-state index contributed by atoms with van der Waals surface area (Å²) in [6.45, 7) is 4.44. The molecule has 8 heteroatoms. The fourth-order valence-electron chi connectivity index (χ4n) is 5.51.